The van der Waals surface area contributed by atoms with E-state index in [1.165, 1.54) is 0 Å². The Morgan fingerprint density at radius 1 is 0.643 bits per heavy atom. The average Bonchev–Trinajstić information content (AvgIpc) is 2.39. The van der Waals surface area contributed by atoms with Crippen LogP contribution in [-0.4, -0.2) is 94.3 Å². The highest BCUT2D eigenvalue weighted by Gasteiger charge is 2.53. The molecule has 1 rings (SSSR count). The van der Waals surface area contributed by atoms with Crippen LogP contribution in [0.15, 0.2) is 0 Å². The Bertz CT molecular complexity index is 959. The first-order valence-electron chi connectivity index (χ1n) is 6.20. The van der Waals surface area contributed by atoms with E-state index in [-0.39, 0.29) is 0 Å². The van der Waals surface area contributed by atoms with Gasteiger partial charge in [-0.3, -0.25) is 18.2 Å². The van der Waals surface area contributed by atoms with Crippen LogP contribution in [0.4, 0.5) is 0 Å². The lowest BCUT2D eigenvalue weighted by Gasteiger charge is -2.41. The first-order chi connectivity index (χ1) is 12.3. The SMILES string of the molecule is O=S(=O)(O)OC[C@H]1O[C@H](O)[C@@H](OS(=O)(=O)O)[C@@H](OS(=O)(=O)O)C1OS(=O)(=O)O. The van der Waals surface area contributed by atoms with Crippen molar-refractivity contribution >= 4 is 41.6 Å². The van der Waals surface area contributed by atoms with Gasteiger partial charge >= 0.3 is 41.6 Å². The molecule has 1 saturated heterocycles. The van der Waals surface area contributed by atoms with Gasteiger partial charge in [0.05, 0.1) is 6.61 Å². The summed E-state index contributed by atoms with van der Waals surface area (Å²) in [6.45, 7) is -1.42. The van der Waals surface area contributed by atoms with Crippen molar-refractivity contribution in [3.05, 3.63) is 0 Å². The van der Waals surface area contributed by atoms with Gasteiger partial charge in [0.25, 0.3) is 0 Å². The highest BCUT2D eigenvalue weighted by atomic mass is 32.3. The van der Waals surface area contributed by atoms with Gasteiger partial charge in [-0.1, -0.05) is 0 Å². The van der Waals surface area contributed by atoms with Crippen LogP contribution in [0, 0.1) is 0 Å². The predicted molar refractivity (Wildman–Crippen MR) is 77.6 cm³/mol. The molecule has 0 saturated carbocycles. The third kappa shape index (κ3) is 9.27. The van der Waals surface area contributed by atoms with E-state index in [2.05, 4.69) is 21.5 Å². The smallest absolute Gasteiger partial charge is 0.366 e. The number of rotatable bonds is 9. The van der Waals surface area contributed by atoms with Crippen LogP contribution < -0.4 is 0 Å². The van der Waals surface area contributed by atoms with Crippen LogP contribution in [-0.2, 0) is 63.1 Å². The molecule has 22 heteroatoms. The molecule has 1 fully saturated rings. The standard InChI is InChI=1S/C6H12O18S4/c7-6-5(24-28(17,18)19)4(23-27(14,15)16)3(22-26(11,12)13)2(21-6)1-20-25(8,9)10/h2-7H,1H2,(H,8,9,10)(H,11,12,13)(H,14,15,16)(H,17,18,19)/t2-,3?,4+,5+,6+/m1/s1. The molecule has 5 N–H and O–H groups in total. The number of hydrogen-bond donors (Lipinski definition) is 5. The Labute approximate surface area is 157 Å². The quantitative estimate of drug-likeness (QED) is 0.189. The first kappa shape index (κ1) is 25.4. The van der Waals surface area contributed by atoms with E-state index >= 15 is 0 Å². The average molecular weight is 500 g/mol. The fourth-order valence-electron chi connectivity index (χ4n) is 1.93. The summed E-state index contributed by atoms with van der Waals surface area (Å²) < 4.78 is 142. The minimum Gasteiger partial charge on any atom is -0.366 e. The lowest BCUT2D eigenvalue weighted by atomic mass is 9.99. The number of aliphatic hydroxyl groups excluding tert-OH is 1. The maximum Gasteiger partial charge on any atom is 0.397 e. The highest BCUT2D eigenvalue weighted by Crippen LogP contribution is 2.30. The van der Waals surface area contributed by atoms with Gasteiger partial charge in [0.15, 0.2) is 12.4 Å². The summed E-state index contributed by atoms with van der Waals surface area (Å²) in [5.74, 6) is 0. The molecule has 0 radical (unpaired) electrons. The van der Waals surface area contributed by atoms with E-state index in [4.69, 9.17) is 18.2 Å². The third-order valence-electron chi connectivity index (χ3n) is 2.69. The molecule has 0 aromatic rings. The normalized spacial score (nSPS) is 30.2. The lowest BCUT2D eigenvalue weighted by Crippen LogP contribution is -2.62. The largest absolute Gasteiger partial charge is 0.397 e. The molecule has 0 spiro atoms. The molecule has 1 aliphatic heterocycles. The first-order valence-corrected chi connectivity index (χ1v) is 11.7. The van der Waals surface area contributed by atoms with Crippen LogP contribution in [0.5, 0.6) is 0 Å². The fraction of sp³-hybridized carbons (Fsp3) is 1.00. The van der Waals surface area contributed by atoms with Crippen molar-refractivity contribution in [2.75, 3.05) is 6.61 Å². The van der Waals surface area contributed by atoms with E-state index in [9.17, 15) is 38.8 Å². The van der Waals surface area contributed by atoms with Crippen molar-refractivity contribution in [2.45, 2.75) is 30.7 Å². The van der Waals surface area contributed by atoms with Crippen molar-refractivity contribution in [1.82, 2.24) is 0 Å². The van der Waals surface area contributed by atoms with Crippen LogP contribution in [0.2, 0.25) is 0 Å². The third-order valence-corrected chi connectivity index (χ3v) is 4.52. The van der Waals surface area contributed by atoms with E-state index < -0.39 is 78.9 Å². The Balaban J connectivity index is 3.42. The molecule has 28 heavy (non-hydrogen) atoms. The Kier molecular flexibility index (Phi) is 7.85. The van der Waals surface area contributed by atoms with Gasteiger partial charge in [-0.05, 0) is 0 Å². The van der Waals surface area contributed by atoms with Crippen LogP contribution in [0.1, 0.15) is 0 Å². The molecule has 5 atom stereocenters. The molecular formula is C6H12O18S4. The Hall–Kier alpha value is -0.600. The monoisotopic (exact) mass is 500 g/mol. The molecule has 0 aliphatic carbocycles. The zero-order valence-electron chi connectivity index (χ0n) is 12.8. The molecule has 168 valence electrons. The molecule has 0 amide bonds. The zero-order valence-corrected chi connectivity index (χ0v) is 16.0. The second kappa shape index (κ2) is 8.64. The molecule has 0 bridgehead atoms. The Morgan fingerprint density at radius 2 is 1.04 bits per heavy atom. The van der Waals surface area contributed by atoms with E-state index in [1.807, 2.05) is 0 Å². The summed E-state index contributed by atoms with van der Waals surface area (Å²) in [5, 5.41) is 9.70. The van der Waals surface area contributed by atoms with Crippen molar-refractivity contribution in [3.63, 3.8) is 0 Å². The van der Waals surface area contributed by atoms with Gasteiger partial charge in [-0.2, -0.15) is 33.7 Å². The summed E-state index contributed by atoms with van der Waals surface area (Å²) in [7, 11) is -21.8. The van der Waals surface area contributed by atoms with E-state index in [0.29, 0.717) is 0 Å². The highest BCUT2D eigenvalue weighted by molar-refractivity contribution is 7.81. The number of aliphatic hydroxyl groups is 1. The van der Waals surface area contributed by atoms with Crippen LogP contribution in [0.3, 0.4) is 0 Å². The molecule has 0 aromatic carbocycles. The van der Waals surface area contributed by atoms with Gasteiger partial charge in [-0.25, -0.2) is 16.7 Å². The predicted octanol–water partition coefficient (Wildman–Crippen LogP) is -3.91. The number of ether oxygens (including phenoxy) is 1. The van der Waals surface area contributed by atoms with Gasteiger partial charge < -0.3 is 9.84 Å². The maximum atomic E-state index is 11.0. The zero-order chi connectivity index (χ0) is 22.1. The van der Waals surface area contributed by atoms with Crippen molar-refractivity contribution in [3.8, 4) is 0 Å². The number of hydrogen-bond acceptors (Lipinski definition) is 14. The van der Waals surface area contributed by atoms with Gasteiger partial charge in [0.1, 0.15) is 18.3 Å². The summed E-state index contributed by atoms with van der Waals surface area (Å²) in [6, 6.07) is 0. The molecular weight excluding hydrogens is 488 g/mol. The molecule has 1 heterocycles. The topological polar surface area (TPSA) is 284 Å². The maximum absolute atomic E-state index is 11.0. The summed E-state index contributed by atoms with van der Waals surface area (Å²) in [4.78, 5) is 0. The van der Waals surface area contributed by atoms with Gasteiger partial charge in [0.2, 0.25) is 0 Å². The summed E-state index contributed by atoms with van der Waals surface area (Å²) >= 11 is 0. The molecule has 0 aromatic heterocycles. The lowest BCUT2D eigenvalue weighted by molar-refractivity contribution is -0.270. The van der Waals surface area contributed by atoms with Crippen LogP contribution in [0.25, 0.3) is 0 Å². The minimum absolute atomic E-state index is 1.42. The molecule has 1 aliphatic rings. The Morgan fingerprint density at radius 3 is 1.43 bits per heavy atom. The second-order valence-corrected chi connectivity index (χ2v) is 8.98. The van der Waals surface area contributed by atoms with Crippen molar-refractivity contribution in [1.29, 1.82) is 0 Å². The van der Waals surface area contributed by atoms with E-state index in [0.717, 1.165) is 0 Å². The van der Waals surface area contributed by atoms with Gasteiger partial charge in [0, 0.05) is 0 Å². The van der Waals surface area contributed by atoms with E-state index in [1.54, 1.807) is 0 Å². The summed E-state index contributed by atoms with van der Waals surface area (Å²) in [6.07, 6.45) is -12.8. The van der Waals surface area contributed by atoms with Crippen LogP contribution >= 0.6 is 0 Å². The molecule has 1 unspecified atom stereocenters. The fourth-order valence-corrected chi connectivity index (χ4v) is 3.74. The van der Waals surface area contributed by atoms with Gasteiger partial charge in [-0.15, -0.1) is 0 Å². The van der Waals surface area contributed by atoms with Crippen molar-refractivity contribution in [2.24, 2.45) is 0 Å². The minimum atomic E-state index is -5.58. The van der Waals surface area contributed by atoms with Crippen molar-refractivity contribution < 1.29 is 78.5 Å². The molecule has 18 nitrogen and oxygen atoms in total. The summed E-state index contributed by atoms with van der Waals surface area (Å²) in [5.41, 5.74) is 0. The second-order valence-electron chi connectivity index (χ2n) is 4.74.